The van der Waals surface area contributed by atoms with Crippen molar-refractivity contribution in [1.82, 2.24) is 0 Å². The smallest absolute Gasteiger partial charge is 0.328 e. The van der Waals surface area contributed by atoms with Crippen molar-refractivity contribution < 1.29 is 19.4 Å². The summed E-state index contributed by atoms with van der Waals surface area (Å²) in [5.74, 6) is 0.542. The van der Waals surface area contributed by atoms with E-state index in [-0.39, 0.29) is 5.41 Å². The van der Waals surface area contributed by atoms with Crippen LogP contribution in [-0.4, -0.2) is 24.8 Å². The first kappa shape index (κ1) is 19.5. The summed E-state index contributed by atoms with van der Waals surface area (Å²) in [5.41, 5.74) is 3.18. The van der Waals surface area contributed by atoms with Crippen molar-refractivity contribution in [3.05, 3.63) is 84.0 Å². The van der Waals surface area contributed by atoms with Crippen LogP contribution in [0.4, 0.5) is 0 Å². The van der Waals surface area contributed by atoms with Crippen LogP contribution in [0.25, 0.3) is 11.1 Å². The molecular weight excluding hydrogens is 352 g/mol. The Morgan fingerprint density at radius 2 is 1.93 bits per heavy atom. The highest BCUT2D eigenvalue weighted by Crippen LogP contribution is 2.38. The van der Waals surface area contributed by atoms with Crippen LogP contribution in [0.2, 0.25) is 0 Å². The van der Waals surface area contributed by atoms with E-state index in [4.69, 9.17) is 9.47 Å². The quantitative estimate of drug-likeness (QED) is 0.574. The first-order chi connectivity index (χ1) is 13.4. The molecule has 0 saturated heterocycles. The maximum absolute atomic E-state index is 11.3. The van der Waals surface area contributed by atoms with Gasteiger partial charge in [-0.2, -0.15) is 0 Å². The molecule has 2 aromatic carbocycles. The van der Waals surface area contributed by atoms with Crippen molar-refractivity contribution in [3.8, 4) is 11.5 Å². The van der Waals surface area contributed by atoms with Gasteiger partial charge in [-0.25, -0.2) is 4.79 Å². The van der Waals surface area contributed by atoms with Crippen LogP contribution in [-0.2, 0) is 4.79 Å². The molecule has 0 bridgehead atoms. The van der Waals surface area contributed by atoms with Crippen LogP contribution in [0.15, 0.2) is 72.8 Å². The Bertz CT molecular complexity index is 950. The predicted octanol–water partition coefficient (Wildman–Crippen LogP) is 5.22. The standard InChI is InChI=1S/C24H24O4/c1-24(2)15-19(21-14-20(27-3)11-12-22(21)28-16-24)10-9-18(13-23(25)26)17-7-5-4-6-8-17/h4-15H,16H2,1-3H3,(H,25,26). The van der Waals surface area contributed by atoms with Gasteiger partial charge in [0.1, 0.15) is 11.5 Å². The van der Waals surface area contributed by atoms with E-state index in [1.165, 1.54) is 6.08 Å². The lowest BCUT2D eigenvalue weighted by atomic mass is 9.90. The lowest BCUT2D eigenvalue weighted by Crippen LogP contribution is -2.17. The van der Waals surface area contributed by atoms with E-state index >= 15 is 0 Å². The summed E-state index contributed by atoms with van der Waals surface area (Å²) in [4.78, 5) is 11.3. The number of methoxy groups -OCH3 is 1. The van der Waals surface area contributed by atoms with Crippen molar-refractivity contribution in [2.75, 3.05) is 13.7 Å². The SMILES string of the molecule is COc1ccc2c(c1)C(C=CC(=CC(=O)O)c1ccccc1)=CC(C)(C)CO2. The van der Waals surface area contributed by atoms with Gasteiger partial charge in [0, 0.05) is 17.1 Å². The molecule has 0 atom stereocenters. The summed E-state index contributed by atoms with van der Waals surface area (Å²) in [7, 11) is 1.63. The number of carboxylic acids is 1. The van der Waals surface area contributed by atoms with Gasteiger partial charge < -0.3 is 14.6 Å². The number of fused-ring (bicyclic) bond motifs is 1. The highest BCUT2D eigenvalue weighted by molar-refractivity contribution is 5.94. The van der Waals surface area contributed by atoms with E-state index in [1.54, 1.807) is 7.11 Å². The Balaban J connectivity index is 2.07. The number of benzene rings is 2. The maximum atomic E-state index is 11.3. The molecule has 1 heterocycles. The summed E-state index contributed by atoms with van der Waals surface area (Å²) in [6.07, 6.45) is 7.14. The summed E-state index contributed by atoms with van der Waals surface area (Å²) in [6, 6.07) is 15.2. The van der Waals surface area contributed by atoms with Crippen LogP contribution in [0.1, 0.15) is 25.0 Å². The van der Waals surface area contributed by atoms with Gasteiger partial charge in [-0.1, -0.05) is 62.4 Å². The second kappa shape index (κ2) is 8.17. The average molecular weight is 376 g/mol. The molecule has 0 fully saturated rings. The monoisotopic (exact) mass is 376 g/mol. The number of hydrogen-bond acceptors (Lipinski definition) is 3. The minimum absolute atomic E-state index is 0.171. The number of carbonyl (C=O) groups is 1. The van der Waals surface area contributed by atoms with Gasteiger partial charge in [0.15, 0.2) is 0 Å². The van der Waals surface area contributed by atoms with Crippen LogP contribution >= 0.6 is 0 Å². The second-order valence-electron chi connectivity index (χ2n) is 7.38. The van der Waals surface area contributed by atoms with Gasteiger partial charge >= 0.3 is 5.97 Å². The topological polar surface area (TPSA) is 55.8 Å². The van der Waals surface area contributed by atoms with E-state index < -0.39 is 5.97 Å². The fourth-order valence-electron chi connectivity index (χ4n) is 3.10. The largest absolute Gasteiger partial charge is 0.497 e. The molecule has 1 aliphatic rings. The number of allylic oxidation sites excluding steroid dienone is 4. The summed E-state index contributed by atoms with van der Waals surface area (Å²) in [5, 5.41) is 9.27. The van der Waals surface area contributed by atoms with Crippen molar-refractivity contribution in [3.63, 3.8) is 0 Å². The van der Waals surface area contributed by atoms with E-state index in [0.29, 0.717) is 12.2 Å². The van der Waals surface area contributed by atoms with E-state index in [9.17, 15) is 9.90 Å². The Kier molecular flexibility index (Phi) is 5.69. The van der Waals surface area contributed by atoms with Crippen molar-refractivity contribution in [2.45, 2.75) is 13.8 Å². The molecule has 0 radical (unpaired) electrons. The highest BCUT2D eigenvalue weighted by Gasteiger charge is 2.23. The molecule has 2 aromatic rings. The molecule has 0 aromatic heterocycles. The zero-order valence-corrected chi connectivity index (χ0v) is 16.3. The number of ether oxygens (including phenoxy) is 2. The molecule has 4 heteroatoms. The molecule has 0 unspecified atom stereocenters. The number of hydrogen-bond donors (Lipinski definition) is 1. The normalized spacial score (nSPS) is 16.0. The summed E-state index contributed by atoms with van der Waals surface area (Å²) >= 11 is 0. The van der Waals surface area contributed by atoms with Gasteiger partial charge in [-0.15, -0.1) is 0 Å². The Hall–Kier alpha value is -3.27. The number of rotatable bonds is 5. The maximum Gasteiger partial charge on any atom is 0.328 e. The molecule has 144 valence electrons. The molecule has 4 nitrogen and oxygen atoms in total. The fourth-order valence-corrected chi connectivity index (χ4v) is 3.10. The minimum Gasteiger partial charge on any atom is -0.497 e. The third-order valence-corrected chi connectivity index (χ3v) is 4.47. The predicted molar refractivity (Wildman–Crippen MR) is 111 cm³/mol. The van der Waals surface area contributed by atoms with E-state index in [2.05, 4.69) is 19.9 Å². The van der Waals surface area contributed by atoms with Gasteiger partial charge in [-0.05, 0) is 34.9 Å². The Morgan fingerprint density at radius 3 is 2.61 bits per heavy atom. The highest BCUT2D eigenvalue weighted by atomic mass is 16.5. The molecule has 28 heavy (non-hydrogen) atoms. The van der Waals surface area contributed by atoms with Crippen molar-refractivity contribution in [1.29, 1.82) is 0 Å². The average Bonchev–Trinajstić information content (AvgIpc) is 2.81. The zero-order valence-electron chi connectivity index (χ0n) is 16.3. The van der Waals surface area contributed by atoms with Gasteiger partial charge in [-0.3, -0.25) is 0 Å². The van der Waals surface area contributed by atoms with Gasteiger partial charge in [0.05, 0.1) is 13.7 Å². The van der Waals surface area contributed by atoms with Crippen molar-refractivity contribution >= 4 is 17.1 Å². The molecule has 0 saturated carbocycles. The number of carboxylic acid groups (broad SMARTS) is 1. The third kappa shape index (κ3) is 4.71. The second-order valence-corrected chi connectivity index (χ2v) is 7.38. The van der Waals surface area contributed by atoms with Gasteiger partial charge in [0.25, 0.3) is 0 Å². The Labute approximate surface area is 165 Å². The third-order valence-electron chi connectivity index (χ3n) is 4.47. The first-order valence-electron chi connectivity index (χ1n) is 9.10. The van der Waals surface area contributed by atoms with Crippen molar-refractivity contribution in [2.24, 2.45) is 5.41 Å². The van der Waals surface area contributed by atoms with Gasteiger partial charge in [0.2, 0.25) is 0 Å². The molecule has 0 spiro atoms. The van der Waals surface area contributed by atoms with Crippen LogP contribution in [0.3, 0.4) is 0 Å². The van der Waals surface area contributed by atoms with E-state index in [0.717, 1.165) is 28.2 Å². The van der Waals surface area contributed by atoms with Crippen LogP contribution in [0, 0.1) is 5.41 Å². The Morgan fingerprint density at radius 1 is 1.18 bits per heavy atom. The van der Waals surface area contributed by atoms with Crippen LogP contribution < -0.4 is 9.47 Å². The lowest BCUT2D eigenvalue weighted by molar-refractivity contribution is -0.131. The molecule has 0 amide bonds. The van der Waals surface area contributed by atoms with Crippen LogP contribution in [0.5, 0.6) is 11.5 Å². The molecule has 1 aliphatic heterocycles. The summed E-state index contributed by atoms with van der Waals surface area (Å²) in [6.45, 7) is 4.77. The first-order valence-corrected chi connectivity index (χ1v) is 9.10. The fraction of sp³-hybridized carbons (Fsp3) is 0.208. The van der Waals surface area contributed by atoms with E-state index in [1.807, 2.05) is 60.7 Å². The lowest BCUT2D eigenvalue weighted by Gasteiger charge is -2.18. The summed E-state index contributed by atoms with van der Waals surface area (Å²) < 4.78 is 11.4. The number of aliphatic carboxylic acids is 1. The molecule has 3 rings (SSSR count). The minimum atomic E-state index is -0.982. The molecular formula is C24H24O4. The molecule has 0 aliphatic carbocycles. The molecule has 1 N–H and O–H groups in total. The zero-order chi connectivity index (χ0) is 20.1.